The van der Waals surface area contributed by atoms with Gasteiger partial charge in [0.05, 0.1) is 38.3 Å². The van der Waals surface area contributed by atoms with Crippen LogP contribution < -0.4 is 11.5 Å². The molecule has 12 atom stereocenters. The number of ether oxygens (including phenoxy) is 3. The van der Waals surface area contributed by atoms with Gasteiger partial charge >= 0.3 is 11.9 Å². The first-order valence-electron chi connectivity index (χ1n) is 17.7. The number of nitrogens with two attached hydrogens (primary N) is 2. The first-order valence-corrected chi connectivity index (χ1v) is 17.7. The maximum atomic E-state index is 14.8. The van der Waals surface area contributed by atoms with Crippen LogP contribution in [-0.2, 0) is 28.6 Å². The van der Waals surface area contributed by atoms with E-state index < -0.39 is 51.2 Å². The largest absolute Gasteiger partial charge is 0.481 e. The molecule has 10 heteroatoms. The molecule has 1 heterocycles. The van der Waals surface area contributed by atoms with Gasteiger partial charge in [-0.05, 0) is 79.6 Å². The van der Waals surface area contributed by atoms with Crippen LogP contribution in [0.1, 0.15) is 94.4 Å². The van der Waals surface area contributed by atoms with E-state index in [9.17, 15) is 19.5 Å². The second-order valence-electron chi connectivity index (χ2n) is 17.0. The highest BCUT2D eigenvalue weighted by Crippen LogP contribution is 2.74. The minimum Gasteiger partial charge on any atom is -0.481 e. The quantitative estimate of drug-likeness (QED) is 0.180. The molecule has 0 aromatic carbocycles. The molecule has 264 valence electrons. The van der Waals surface area contributed by atoms with Crippen LogP contribution in [0.3, 0.4) is 0 Å². The zero-order valence-corrected chi connectivity index (χ0v) is 30.1. The fourth-order valence-corrected chi connectivity index (χ4v) is 11.6. The molecular weight excluding hydrogens is 598 g/mol. The van der Waals surface area contributed by atoms with Crippen molar-refractivity contribution in [3.8, 4) is 0 Å². The van der Waals surface area contributed by atoms with Crippen LogP contribution >= 0.6 is 0 Å². The molecule has 0 aromatic rings. The van der Waals surface area contributed by atoms with Gasteiger partial charge in [0.15, 0.2) is 5.78 Å². The normalized spacial score (nSPS) is 44.4. The summed E-state index contributed by atoms with van der Waals surface area (Å²) in [5.41, 5.74) is 9.43. The Labute approximate surface area is 280 Å². The summed E-state index contributed by atoms with van der Waals surface area (Å²) in [5, 5.41) is 10.9. The van der Waals surface area contributed by atoms with Crippen LogP contribution in [0.5, 0.6) is 0 Å². The summed E-state index contributed by atoms with van der Waals surface area (Å²) in [4.78, 5) is 45.1. The monoisotopic (exact) mass is 657 g/mol. The van der Waals surface area contributed by atoms with Crippen molar-refractivity contribution in [3.63, 3.8) is 0 Å². The van der Waals surface area contributed by atoms with Crippen molar-refractivity contribution in [1.29, 1.82) is 0 Å². The number of carbonyl (C=O) groups excluding carboxylic acids is 2. The van der Waals surface area contributed by atoms with Crippen LogP contribution in [0.15, 0.2) is 16.6 Å². The van der Waals surface area contributed by atoms with Crippen molar-refractivity contribution in [1.82, 2.24) is 0 Å². The lowest BCUT2D eigenvalue weighted by atomic mass is 9.34. The molecule has 10 nitrogen and oxygen atoms in total. The molecule has 1 unspecified atom stereocenters. The first-order chi connectivity index (χ1) is 21.8. The van der Waals surface area contributed by atoms with Gasteiger partial charge in [-0.1, -0.05) is 54.0 Å². The van der Waals surface area contributed by atoms with E-state index in [2.05, 4.69) is 46.5 Å². The van der Waals surface area contributed by atoms with Crippen molar-refractivity contribution >= 4 is 23.6 Å². The third-order valence-corrected chi connectivity index (χ3v) is 14.4. The number of amidine groups is 1. The topological polar surface area (TPSA) is 164 Å². The van der Waals surface area contributed by atoms with Gasteiger partial charge in [-0.3, -0.25) is 19.4 Å². The van der Waals surface area contributed by atoms with Gasteiger partial charge in [-0.15, -0.1) is 0 Å². The molecule has 47 heavy (non-hydrogen) atoms. The Morgan fingerprint density at radius 1 is 1.11 bits per heavy atom. The Morgan fingerprint density at radius 3 is 2.38 bits per heavy atom. The van der Waals surface area contributed by atoms with Crippen molar-refractivity contribution in [3.05, 3.63) is 11.6 Å². The lowest BCUT2D eigenvalue weighted by molar-refractivity contribution is -0.266. The number of hydrogen-bond donors (Lipinski definition) is 3. The number of nitrogens with zero attached hydrogens (tertiary/aromatic N) is 1. The Morgan fingerprint density at radius 2 is 1.79 bits per heavy atom. The summed E-state index contributed by atoms with van der Waals surface area (Å²) in [6, 6.07) is -0.235. The van der Waals surface area contributed by atoms with Crippen LogP contribution in [-0.4, -0.2) is 73.3 Å². The molecule has 4 fully saturated rings. The van der Waals surface area contributed by atoms with Crippen LogP contribution in [0, 0.1) is 56.7 Å². The van der Waals surface area contributed by atoms with E-state index in [1.807, 2.05) is 19.9 Å². The Balaban J connectivity index is 1.59. The van der Waals surface area contributed by atoms with E-state index in [-0.39, 0.29) is 54.6 Å². The van der Waals surface area contributed by atoms with E-state index in [0.717, 1.165) is 31.3 Å². The number of carbonyl (C=O) groups is 3. The lowest BCUT2D eigenvalue weighted by Gasteiger charge is -2.70. The molecule has 0 radical (unpaired) electrons. The molecule has 4 aliphatic carbocycles. The van der Waals surface area contributed by atoms with E-state index in [4.69, 9.17) is 25.7 Å². The fourth-order valence-electron chi connectivity index (χ4n) is 11.6. The van der Waals surface area contributed by atoms with E-state index in [1.54, 1.807) is 0 Å². The van der Waals surface area contributed by atoms with Crippen molar-refractivity contribution in [2.24, 2.45) is 73.1 Å². The van der Waals surface area contributed by atoms with Crippen LogP contribution in [0.2, 0.25) is 0 Å². The highest BCUT2D eigenvalue weighted by Gasteiger charge is 2.74. The van der Waals surface area contributed by atoms with Gasteiger partial charge in [0.25, 0.3) is 0 Å². The Kier molecular flexibility index (Phi) is 9.37. The van der Waals surface area contributed by atoms with E-state index in [0.29, 0.717) is 25.5 Å². The van der Waals surface area contributed by atoms with E-state index in [1.165, 1.54) is 6.92 Å². The number of fused-ring (bicyclic) bond motifs is 3. The van der Waals surface area contributed by atoms with Gasteiger partial charge in [0.1, 0.15) is 18.0 Å². The van der Waals surface area contributed by atoms with Crippen molar-refractivity contribution in [2.75, 3.05) is 26.4 Å². The standard InChI is InChI=1S/C37H59N3O7/c1-20(2)22(4)33(6)12-13-35(8)24-10-11-27-34(7)18-45-19-37(27,25(24)14-28(42)36(35,9)30(33)32(43)44)15-26(47-23(5)41)31(34)46-17-21(3)40-29(39)16-38/h14,20-22,24,26-27,30-31H,10-13,15-19,38H2,1-9H3,(H2,39,40)(H,43,44)/t21?,22-,24+,26-,27+,30-,31+,33-,34-,35-,36+,37+/m1/s1. The molecule has 0 spiro atoms. The minimum atomic E-state index is -1.07. The van der Waals surface area contributed by atoms with E-state index >= 15 is 0 Å². The third kappa shape index (κ3) is 5.22. The molecule has 5 rings (SSSR count). The fraction of sp³-hybridized carbons (Fsp3) is 0.838. The molecule has 5 aliphatic rings. The summed E-state index contributed by atoms with van der Waals surface area (Å²) in [6.07, 6.45) is 4.58. The number of aliphatic carboxylic acids is 1. The average Bonchev–Trinajstić information content (AvgIpc) is 2.97. The average molecular weight is 658 g/mol. The number of rotatable bonds is 9. The first kappa shape index (κ1) is 36.0. The lowest BCUT2D eigenvalue weighted by Crippen LogP contribution is -2.71. The maximum absolute atomic E-state index is 14.8. The molecule has 1 aliphatic heterocycles. The predicted molar refractivity (Wildman–Crippen MR) is 179 cm³/mol. The second-order valence-corrected chi connectivity index (χ2v) is 17.0. The van der Waals surface area contributed by atoms with Gasteiger partial charge in [-0.2, -0.15) is 0 Å². The number of hydrogen-bond acceptors (Lipinski definition) is 8. The molecule has 1 saturated heterocycles. The molecule has 3 saturated carbocycles. The zero-order valence-electron chi connectivity index (χ0n) is 30.1. The van der Waals surface area contributed by atoms with Gasteiger partial charge in [-0.25, -0.2) is 0 Å². The number of esters is 1. The van der Waals surface area contributed by atoms with Gasteiger partial charge in [0.2, 0.25) is 0 Å². The summed E-state index contributed by atoms with van der Waals surface area (Å²) in [7, 11) is 0. The number of ketones is 1. The summed E-state index contributed by atoms with van der Waals surface area (Å²) in [6.45, 7) is 19.5. The predicted octanol–water partition coefficient (Wildman–Crippen LogP) is 4.78. The zero-order chi connectivity index (χ0) is 34.9. The highest BCUT2D eigenvalue weighted by atomic mass is 16.6. The Bertz CT molecular complexity index is 1350. The number of carboxylic acid groups (broad SMARTS) is 1. The van der Waals surface area contributed by atoms with Gasteiger partial charge in [0, 0.05) is 23.2 Å². The van der Waals surface area contributed by atoms with Crippen LogP contribution in [0.4, 0.5) is 0 Å². The number of aliphatic imine (C=N–C) groups is 1. The summed E-state index contributed by atoms with van der Waals surface area (Å²) in [5.74, 6) is -1.25. The maximum Gasteiger partial charge on any atom is 0.308 e. The summed E-state index contributed by atoms with van der Waals surface area (Å²) < 4.78 is 19.2. The smallest absolute Gasteiger partial charge is 0.308 e. The molecule has 0 amide bonds. The second kappa shape index (κ2) is 12.2. The van der Waals surface area contributed by atoms with Crippen LogP contribution in [0.25, 0.3) is 0 Å². The summed E-state index contributed by atoms with van der Waals surface area (Å²) >= 11 is 0. The molecule has 2 bridgehead atoms. The highest BCUT2D eigenvalue weighted by molar-refractivity contribution is 6.00. The third-order valence-electron chi connectivity index (χ3n) is 14.4. The van der Waals surface area contributed by atoms with Gasteiger partial charge < -0.3 is 30.8 Å². The number of allylic oxidation sites excluding steroid dienone is 1. The van der Waals surface area contributed by atoms with Crippen molar-refractivity contribution < 1.29 is 33.7 Å². The molecule has 5 N–H and O–H groups in total. The Hall–Kier alpha value is -2.30. The van der Waals surface area contributed by atoms with Crippen molar-refractivity contribution in [2.45, 2.75) is 113 Å². The molecular formula is C37H59N3O7. The SMILES string of the molecule is CC(=O)O[C@@H]1C[C@@]23COC[C@](C)([C@@H]2CC[C@H]2C3=CC(=O)[C@@]3(C)[C@H](C(=O)O)[C@@](C)([C@H](C)C(C)C)CC[C@]23C)[C@H]1OCC(C)N=C(N)CN. The molecule has 0 aromatic heterocycles. The number of carboxylic acids is 1. The minimum absolute atomic E-state index is 0.0113.